The van der Waals surface area contributed by atoms with Crippen LogP contribution in [0.25, 0.3) is 0 Å². The Morgan fingerprint density at radius 3 is 1.79 bits per heavy atom. The standard InChI is InChI=1S/C15H14N2OS/c1-11(18)12-3-5-13(6-4-12)16-17-14-7-9-15(19-2)10-8-14/h3-10H,1-2H3/b17-16+. The van der Waals surface area contributed by atoms with E-state index in [9.17, 15) is 4.79 Å². The first-order valence-electron chi connectivity index (χ1n) is 5.86. The second-order valence-corrected chi connectivity index (χ2v) is 4.88. The molecule has 2 aromatic rings. The van der Waals surface area contributed by atoms with Gasteiger partial charge in [0.2, 0.25) is 0 Å². The van der Waals surface area contributed by atoms with Crippen LogP contribution in [0.4, 0.5) is 11.4 Å². The number of thioether (sulfide) groups is 1. The Morgan fingerprint density at radius 2 is 1.37 bits per heavy atom. The lowest BCUT2D eigenvalue weighted by atomic mass is 10.1. The molecule has 2 aromatic carbocycles. The smallest absolute Gasteiger partial charge is 0.159 e. The van der Waals surface area contributed by atoms with Crippen LogP contribution < -0.4 is 0 Å². The Balaban J connectivity index is 2.10. The van der Waals surface area contributed by atoms with Gasteiger partial charge >= 0.3 is 0 Å². The molecule has 0 aliphatic heterocycles. The predicted octanol–water partition coefficient (Wildman–Crippen LogP) is 5.03. The number of ketones is 1. The number of benzene rings is 2. The average Bonchev–Trinajstić information content (AvgIpc) is 2.46. The van der Waals surface area contributed by atoms with Gasteiger partial charge in [-0.2, -0.15) is 10.2 Å². The molecule has 96 valence electrons. The summed E-state index contributed by atoms with van der Waals surface area (Å²) in [5, 5.41) is 8.30. The third-order valence-corrected chi connectivity index (χ3v) is 3.37. The molecule has 2 rings (SSSR count). The van der Waals surface area contributed by atoms with Gasteiger partial charge < -0.3 is 0 Å². The average molecular weight is 270 g/mol. The predicted molar refractivity (Wildman–Crippen MR) is 78.8 cm³/mol. The minimum atomic E-state index is 0.0520. The first kappa shape index (κ1) is 13.5. The largest absolute Gasteiger partial charge is 0.295 e. The molecule has 3 nitrogen and oxygen atoms in total. The Labute approximate surface area is 116 Å². The van der Waals surface area contributed by atoms with Crippen molar-refractivity contribution >= 4 is 28.9 Å². The first-order chi connectivity index (χ1) is 9.19. The number of azo groups is 1. The highest BCUT2D eigenvalue weighted by atomic mass is 32.2. The molecule has 0 aromatic heterocycles. The van der Waals surface area contributed by atoms with Crippen LogP contribution in [0.3, 0.4) is 0 Å². The second kappa shape index (κ2) is 6.29. The lowest BCUT2D eigenvalue weighted by Gasteiger charge is -1.97. The van der Waals surface area contributed by atoms with E-state index in [0.717, 1.165) is 11.4 Å². The van der Waals surface area contributed by atoms with Gasteiger partial charge in [-0.05, 0) is 61.7 Å². The molecule has 0 radical (unpaired) electrons. The zero-order valence-electron chi connectivity index (χ0n) is 10.8. The highest BCUT2D eigenvalue weighted by Gasteiger charge is 1.98. The van der Waals surface area contributed by atoms with Crippen LogP contribution in [0.5, 0.6) is 0 Å². The highest BCUT2D eigenvalue weighted by Crippen LogP contribution is 2.22. The Hall–Kier alpha value is -1.94. The van der Waals surface area contributed by atoms with Crippen LogP contribution in [-0.4, -0.2) is 12.0 Å². The minimum Gasteiger partial charge on any atom is -0.295 e. The fourth-order valence-electron chi connectivity index (χ4n) is 1.53. The van der Waals surface area contributed by atoms with E-state index in [1.807, 2.05) is 30.5 Å². The summed E-state index contributed by atoms with van der Waals surface area (Å²) < 4.78 is 0. The van der Waals surface area contributed by atoms with Gasteiger partial charge in [0.1, 0.15) is 0 Å². The monoisotopic (exact) mass is 270 g/mol. The number of nitrogens with zero attached hydrogens (tertiary/aromatic N) is 2. The van der Waals surface area contributed by atoms with Crippen LogP contribution in [-0.2, 0) is 0 Å². The topological polar surface area (TPSA) is 41.8 Å². The first-order valence-corrected chi connectivity index (χ1v) is 7.08. The van der Waals surface area contributed by atoms with Gasteiger partial charge in [0, 0.05) is 10.5 Å². The molecule has 0 saturated carbocycles. The number of carbonyl (C=O) groups is 1. The molecule has 0 N–H and O–H groups in total. The third-order valence-electron chi connectivity index (χ3n) is 2.63. The van der Waals surface area contributed by atoms with Crippen molar-refractivity contribution in [2.75, 3.05) is 6.26 Å². The molecule has 0 heterocycles. The number of Topliss-reactive ketones (excluding diaryl/α,β-unsaturated/α-hetero) is 1. The maximum Gasteiger partial charge on any atom is 0.159 e. The number of carbonyl (C=O) groups excluding carboxylic acids is 1. The van der Waals surface area contributed by atoms with Crippen molar-refractivity contribution in [2.45, 2.75) is 11.8 Å². The zero-order valence-corrected chi connectivity index (χ0v) is 11.6. The number of hydrogen-bond acceptors (Lipinski definition) is 4. The van der Waals surface area contributed by atoms with Gasteiger partial charge in [0.05, 0.1) is 11.4 Å². The number of hydrogen-bond donors (Lipinski definition) is 0. The molecule has 0 aliphatic carbocycles. The van der Waals surface area contributed by atoms with Gasteiger partial charge in [0.25, 0.3) is 0 Å². The molecule has 0 atom stereocenters. The van der Waals surface area contributed by atoms with Crippen LogP contribution in [0, 0.1) is 0 Å². The van der Waals surface area contributed by atoms with Crippen LogP contribution in [0.2, 0.25) is 0 Å². The van der Waals surface area contributed by atoms with Gasteiger partial charge in [-0.3, -0.25) is 4.79 Å². The third kappa shape index (κ3) is 3.76. The SMILES string of the molecule is CSc1ccc(/N=N/c2ccc(C(C)=O)cc2)cc1. The lowest BCUT2D eigenvalue weighted by Crippen LogP contribution is -1.89. The Bertz CT molecular complexity index is 589. The van der Waals surface area contributed by atoms with Crippen molar-refractivity contribution < 1.29 is 4.79 Å². The zero-order chi connectivity index (χ0) is 13.7. The molecule has 0 aliphatic rings. The fraction of sp³-hybridized carbons (Fsp3) is 0.133. The maximum absolute atomic E-state index is 11.1. The highest BCUT2D eigenvalue weighted by molar-refractivity contribution is 7.98. The molecule has 0 unspecified atom stereocenters. The Kier molecular flexibility index (Phi) is 4.47. The van der Waals surface area contributed by atoms with Crippen LogP contribution in [0.15, 0.2) is 63.7 Å². The lowest BCUT2D eigenvalue weighted by molar-refractivity contribution is 0.101. The van der Waals surface area contributed by atoms with E-state index in [-0.39, 0.29) is 5.78 Å². The van der Waals surface area contributed by atoms with Crippen LogP contribution in [0.1, 0.15) is 17.3 Å². The van der Waals surface area contributed by atoms with E-state index in [4.69, 9.17) is 0 Å². The van der Waals surface area contributed by atoms with Crippen molar-refractivity contribution in [1.29, 1.82) is 0 Å². The van der Waals surface area contributed by atoms with Crippen molar-refractivity contribution in [3.63, 3.8) is 0 Å². The van der Waals surface area contributed by atoms with Crippen molar-refractivity contribution in [3.8, 4) is 0 Å². The normalized spacial score (nSPS) is 10.8. The summed E-state index contributed by atoms with van der Waals surface area (Å²) in [7, 11) is 0. The molecule has 0 saturated heterocycles. The molecular formula is C15H14N2OS. The molecule has 0 amide bonds. The maximum atomic E-state index is 11.1. The van der Waals surface area contributed by atoms with E-state index in [1.54, 1.807) is 43.0 Å². The molecule has 4 heteroatoms. The van der Waals surface area contributed by atoms with E-state index in [2.05, 4.69) is 10.2 Å². The summed E-state index contributed by atoms with van der Waals surface area (Å²) in [6, 6.07) is 15.0. The van der Waals surface area contributed by atoms with E-state index in [1.165, 1.54) is 4.90 Å². The second-order valence-electron chi connectivity index (χ2n) is 4.00. The van der Waals surface area contributed by atoms with Gasteiger partial charge in [0.15, 0.2) is 5.78 Å². The summed E-state index contributed by atoms with van der Waals surface area (Å²) >= 11 is 1.69. The van der Waals surface area contributed by atoms with Crippen LogP contribution >= 0.6 is 11.8 Å². The number of rotatable bonds is 4. The van der Waals surface area contributed by atoms with Gasteiger partial charge in [-0.1, -0.05) is 0 Å². The summed E-state index contributed by atoms with van der Waals surface area (Å²) in [6.45, 7) is 1.55. The van der Waals surface area contributed by atoms with E-state index >= 15 is 0 Å². The molecule has 0 fully saturated rings. The van der Waals surface area contributed by atoms with E-state index in [0.29, 0.717) is 5.56 Å². The summed E-state index contributed by atoms with van der Waals surface area (Å²) in [6.07, 6.45) is 2.03. The summed E-state index contributed by atoms with van der Waals surface area (Å²) in [5.41, 5.74) is 2.23. The van der Waals surface area contributed by atoms with E-state index < -0.39 is 0 Å². The molecule has 19 heavy (non-hydrogen) atoms. The Morgan fingerprint density at radius 1 is 0.895 bits per heavy atom. The van der Waals surface area contributed by atoms with Crippen molar-refractivity contribution in [1.82, 2.24) is 0 Å². The van der Waals surface area contributed by atoms with Crippen molar-refractivity contribution in [3.05, 3.63) is 54.1 Å². The fourth-order valence-corrected chi connectivity index (χ4v) is 1.94. The van der Waals surface area contributed by atoms with Gasteiger partial charge in [-0.25, -0.2) is 0 Å². The molecule has 0 bridgehead atoms. The molecular weight excluding hydrogens is 256 g/mol. The minimum absolute atomic E-state index is 0.0520. The quantitative estimate of drug-likeness (QED) is 0.444. The molecule has 0 spiro atoms. The summed E-state index contributed by atoms with van der Waals surface area (Å²) in [5.74, 6) is 0.0520. The van der Waals surface area contributed by atoms with Crippen molar-refractivity contribution in [2.24, 2.45) is 10.2 Å². The summed E-state index contributed by atoms with van der Waals surface area (Å²) in [4.78, 5) is 12.3. The van der Waals surface area contributed by atoms with Gasteiger partial charge in [-0.15, -0.1) is 11.8 Å².